The maximum Gasteiger partial charge on any atom is 0.305 e. The Kier molecular flexibility index (Phi) is 69.9. The van der Waals surface area contributed by atoms with Gasteiger partial charge >= 0.3 is 5.97 Å². The summed E-state index contributed by atoms with van der Waals surface area (Å²) in [5.74, 6) is -0.0114. The van der Waals surface area contributed by atoms with Crippen LogP contribution >= 0.6 is 0 Å². The Labute approximate surface area is 508 Å². The number of aliphatic hydroxyl groups excluding tert-OH is 2. The summed E-state index contributed by atoms with van der Waals surface area (Å²) in [6.45, 7) is 4.99. The zero-order valence-corrected chi connectivity index (χ0v) is 55.3. The highest BCUT2D eigenvalue weighted by Crippen LogP contribution is 2.20. The normalized spacial score (nSPS) is 12.5. The van der Waals surface area contributed by atoms with Crippen molar-refractivity contribution in [1.29, 1.82) is 0 Å². The van der Waals surface area contributed by atoms with Crippen molar-refractivity contribution in [2.75, 3.05) is 13.2 Å². The van der Waals surface area contributed by atoms with Crippen LogP contribution < -0.4 is 5.32 Å². The molecule has 0 fully saturated rings. The number of hydrogen-bond acceptors (Lipinski definition) is 5. The van der Waals surface area contributed by atoms with Crippen molar-refractivity contribution in [3.8, 4) is 0 Å². The minimum atomic E-state index is -0.660. The van der Waals surface area contributed by atoms with Gasteiger partial charge in [-0.1, -0.05) is 379 Å². The van der Waals surface area contributed by atoms with Gasteiger partial charge < -0.3 is 20.3 Å². The molecule has 6 heteroatoms. The Hall–Kier alpha value is -1.40. The molecule has 0 saturated heterocycles. The smallest absolute Gasteiger partial charge is 0.305 e. The zero-order valence-electron chi connectivity index (χ0n) is 55.3. The van der Waals surface area contributed by atoms with Crippen LogP contribution in [0.25, 0.3) is 0 Å². The molecule has 6 nitrogen and oxygen atoms in total. The van der Waals surface area contributed by atoms with Gasteiger partial charge in [0.2, 0.25) is 5.91 Å². The molecule has 0 saturated carbocycles. The lowest BCUT2D eigenvalue weighted by Gasteiger charge is -2.22. The Morgan fingerprint density at radius 2 is 0.580 bits per heavy atom. The van der Waals surface area contributed by atoms with Gasteiger partial charge in [0.25, 0.3) is 0 Å². The van der Waals surface area contributed by atoms with Gasteiger partial charge in [0.05, 0.1) is 25.4 Å². The third-order valence-corrected chi connectivity index (χ3v) is 17.8. The number of ether oxygens (including phenoxy) is 1. The van der Waals surface area contributed by atoms with Gasteiger partial charge in [0.15, 0.2) is 0 Å². The number of unbranched alkanes of at least 4 members (excludes halogenated alkanes) is 58. The number of carbonyl (C=O) groups is 2. The molecule has 81 heavy (non-hydrogen) atoms. The van der Waals surface area contributed by atoms with Crippen LogP contribution in [0, 0.1) is 0 Å². The Morgan fingerprint density at radius 3 is 0.877 bits per heavy atom. The van der Waals surface area contributed by atoms with E-state index in [9.17, 15) is 19.8 Å². The fourth-order valence-corrected chi connectivity index (χ4v) is 12.1. The van der Waals surface area contributed by atoms with Crippen molar-refractivity contribution in [3.63, 3.8) is 0 Å². The third kappa shape index (κ3) is 67.6. The van der Waals surface area contributed by atoms with Crippen molar-refractivity contribution in [1.82, 2.24) is 5.32 Å². The van der Waals surface area contributed by atoms with E-state index in [0.717, 1.165) is 44.9 Å². The Morgan fingerprint density at radius 1 is 0.333 bits per heavy atom. The molecule has 482 valence electrons. The molecule has 0 spiro atoms. The maximum absolute atomic E-state index is 12.5. The minimum Gasteiger partial charge on any atom is -0.466 e. The number of nitrogens with one attached hydrogen (secondary N) is 1. The molecule has 0 aromatic rings. The first-order valence-corrected chi connectivity index (χ1v) is 37.4. The van der Waals surface area contributed by atoms with Gasteiger partial charge in [0, 0.05) is 12.8 Å². The Balaban J connectivity index is 3.30. The molecule has 0 aliphatic heterocycles. The van der Waals surface area contributed by atoms with E-state index in [4.69, 9.17) is 4.74 Å². The SMILES string of the molecule is CCCCCCCC/C=C\CCCCCCCC(=O)OCCCCCCCCCCCCCCCCCCCCCCCCCCCCCCCCCCCC(=O)NC(CO)C(O)CCCCCCCCCCCCCCCCCC. The fourth-order valence-electron chi connectivity index (χ4n) is 12.1. The van der Waals surface area contributed by atoms with Crippen LogP contribution in [0.1, 0.15) is 431 Å². The highest BCUT2D eigenvalue weighted by atomic mass is 16.5. The lowest BCUT2D eigenvalue weighted by molar-refractivity contribution is -0.143. The van der Waals surface area contributed by atoms with E-state index >= 15 is 0 Å². The molecule has 0 aliphatic carbocycles. The van der Waals surface area contributed by atoms with Gasteiger partial charge in [-0.15, -0.1) is 0 Å². The standard InChI is InChI=1S/C75H147NO5/c1-3-5-7-9-11-13-15-17-19-40-43-47-51-55-59-63-67-73(78)72(71-77)76-74(79)68-64-60-56-52-48-44-41-37-35-33-31-29-27-25-23-21-20-22-24-26-28-30-32-34-36-38-42-46-50-54-58-62-66-70-81-75(80)69-65-61-57-53-49-45-39-18-16-14-12-10-8-6-4-2/h18,39,72-73,77-78H,3-17,19-38,40-71H2,1-2H3,(H,76,79)/b39-18-. The molecule has 0 rings (SSSR count). The van der Waals surface area contributed by atoms with Crippen molar-refractivity contribution < 1.29 is 24.5 Å². The first-order valence-electron chi connectivity index (χ1n) is 37.4. The van der Waals surface area contributed by atoms with Crippen molar-refractivity contribution in [2.24, 2.45) is 0 Å². The van der Waals surface area contributed by atoms with Crippen LogP contribution in [0.5, 0.6) is 0 Å². The van der Waals surface area contributed by atoms with Gasteiger partial charge in [0.1, 0.15) is 0 Å². The number of allylic oxidation sites excluding steroid dienone is 2. The second-order valence-corrected chi connectivity index (χ2v) is 26.0. The largest absolute Gasteiger partial charge is 0.466 e. The molecular weight excluding hydrogens is 995 g/mol. The summed E-state index contributed by atoms with van der Waals surface area (Å²) in [6.07, 6.45) is 88.6. The molecule has 3 N–H and O–H groups in total. The number of rotatable bonds is 71. The van der Waals surface area contributed by atoms with E-state index in [-0.39, 0.29) is 18.5 Å². The summed E-state index contributed by atoms with van der Waals surface area (Å²) in [5.41, 5.74) is 0. The quantitative estimate of drug-likeness (QED) is 0.0320. The summed E-state index contributed by atoms with van der Waals surface area (Å²) in [6, 6.07) is -0.537. The van der Waals surface area contributed by atoms with E-state index < -0.39 is 12.1 Å². The van der Waals surface area contributed by atoms with Gasteiger partial charge in [-0.25, -0.2) is 0 Å². The minimum absolute atomic E-state index is 0.0148. The van der Waals surface area contributed by atoms with Gasteiger partial charge in [-0.05, 0) is 51.4 Å². The van der Waals surface area contributed by atoms with E-state index in [0.29, 0.717) is 25.9 Å². The molecule has 0 aromatic carbocycles. The van der Waals surface area contributed by atoms with Crippen molar-refractivity contribution >= 4 is 11.9 Å². The molecule has 0 aliphatic rings. The second-order valence-electron chi connectivity index (χ2n) is 26.0. The number of esters is 1. The molecule has 2 unspecified atom stereocenters. The van der Waals surface area contributed by atoms with E-state index in [1.165, 1.54) is 353 Å². The summed E-state index contributed by atoms with van der Waals surface area (Å²) in [5, 5.41) is 23.4. The molecule has 0 heterocycles. The van der Waals surface area contributed by atoms with E-state index in [1.54, 1.807) is 0 Å². The second kappa shape index (κ2) is 71.1. The highest BCUT2D eigenvalue weighted by molar-refractivity contribution is 5.76. The van der Waals surface area contributed by atoms with Crippen LogP contribution in [0.15, 0.2) is 12.2 Å². The third-order valence-electron chi connectivity index (χ3n) is 17.8. The van der Waals surface area contributed by atoms with Crippen LogP contribution in [-0.2, 0) is 14.3 Å². The maximum atomic E-state index is 12.5. The average molecular weight is 1140 g/mol. The topological polar surface area (TPSA) is 95.9 Å². The molecule has 0 bridgehead atoms. The number of hydrogen-bond donors (Lipinski definition) is 3. The lowest BCUT2D eigenvalue weighted by atomic mass is 10.0. The first-order chi connectivity index (χ1) is 40.0. The number of carbonyl (C=O) groups excluding carboxylic acids is 2. The summed E-state index contributed by atoms with van der Waals surface area (Å²) >= 11 is 0. The van der Waals surface area contributed by atoms with Gasteiger partial charge in [-0.2, -0.15) is 0 Å². The first kappa shape index (κ1) is 79.6. The zero-order chi connectivity index (χ0) is 58.5. The lowest BCUT2D eigenvalue weighted by Crippen LogP contribution is -2.45. The van der Waals surface area contributed by atoms with E-state index in [1.807, 2.05) is 0 Å². The predicted molar refractivity (Wildman–Crippen MR) is 357 cm³/mol. The Bertz CT molecular complexity index is 1220. The van der Waals surface area contributed by atoms with Crippen LogP contribution in [0.4, 0.5) is 0 Å². The van der Waals surface area contributed by atoms with Crippen LogP contribution in [0.3, 0.4) is 0 Å². The molecule has 1 amide bonds. The predicted octanol–water partition coefficient (Wildman–Crippen LogP) is 24.3. The number of amides is 1. The van der Waals surface area contributed by atoms with Gasteiger partial charge in [-0.3, -0.25) is 9.59 Å². The number of aliphatic hydroxyl groups is 2. The molecular formula is C75H147NO5. The van der Waals surface area contributed by atoms with E-state index in [2.05, 4.69) is 31.3 Å². The van der Waals surface area contributed by atoms with Crippen LogP contribution in [-0.4, -0.2) is 47.4 Å². The van der Waals surface area contributed by atoms with Crippen molar-refractivity contribution in [2.45, 2.75) is 443 Å². The molecule has 0 radical (unpaired) electrons. The summed E-state index contributed by atoms with van der Waals surface area (Å²) in [4.78, 5) is 24.6. The van der Waals surface area contributed by atoms with Crippen LogP contribution in [0.2, 0.25) is 0 Å². The molecule has 0 aromatic heterocycles. The summed E-state index contributed by atoms with van der Waals surface area (Å²) in [7, 11) is 0. The highest BCUT2D eigenvalue weighted by Gasteiger charge is 2.20. The fraction of sp³-hybridized carbons (Fsp3) is 0.947. The average Bonchev–Trinajstić information content (AvgIpc) is 3.47. The molecule has 2 atom stereocenters. The summed E-state index contributed by atoms with van der Waals surface area (Å²) < 4.78 is 5.50. The monoisotopic (exact) mass is 1140 g/mol. The van der Waals surface area contributed by atoms with Crippen molar-refractivity contribution in [3.05, 3.63) is 12.2 Å².